The topological polar surface area (TPSA) is 68.0 Å². The minimum absolute atomic E-state index is 0.0452. The van der Waals surface area contributed by atoms with E-state index in [2.05, 4.69) is 15.3 Å². The van der Waals surface area contributed by atoms with Crippen molar-refractivity contribution < 1.29 is 9.21 Å². The Balaban J connectivity index is 1.32. The lowest BCUT2D eigenvalue weighted by atomic mass is 10.0. The molecule has 0 aliphatic heterocycles. The number of nitrogens with zero attached hydrogens (tertiary/aromatic N) is 2. The fourth-order valence-electron chi connectivity index (χ4n) is 3.32. The lowest BCUT2D eigenvalue weighted by molar-refractivity contribution is -0.116. The SMILES string of the molecule is O=C(CCc1ncc(-c2ccccc2)o1)Nc1nc2c(s1)CCCCCC2. The summed E-state index contributed by atoms with van der Waals surface area (Å²) in [6, 6.07) is 9.84. The van der Waals surface area contributed by atoms with E-state index in [1.54, 1.807) is 17.5 Å². The van der Waals surface area contributed by atoms with Gasteiger partial charge in [0.2, 0.25) is 5.91 Å². The third kappa shape index (κ3) is 4.63. The molecular weight excluding hydrogens is 358 g/mol. The fourth-order valence-corrected chi connectivity index (χ4v) is 4.39. The molecule has 4 rings (SSSR count). The summed E-state index contributed by atoms with van der Waals surface area (Å²) in [6.45, 7) is 0. The van der Waals surface area contributed by atoms with Gasteiger partial charge in [0.1, 0.15) is 0 Å². The molecule has 0 fully saturated rings. The molecule has 0 bridgehead atoms. The van der Waals surface area contributed by atoms with Crippen molar-refractivity contribution in [1.82, 2.24) is 9.97 Å². The van der Waals surface area contributed by atoms with Crippen LogP contribution in [0.4, 0.5) is 5.13 Å². The Bertz CT molecular complexity index is 876. The summed E-state index contributed by atoms with van der Waals surface area (Å²) in [4.78, 5) is 22.6. The first-order valence-corrected chi connectivity index (χ1v) is 10.4. The number of carbonyl (C=O) groups excluding carboxylic acids is 1. The number of benzene rings is 1. The van der Waals surface area contributed by atoms with Crippen molar-refractivity contribution >= 4 is 22.4 Å². The number of anilines is 1. The second-order valence-corrected chi connectivity index (χ2v) is 7.92. The normalized spacial score (nSPS) is 14.2. The predicted molar refractivity (Wildman–Crippen MR) is 107 cm³/mol. The molecule has 1 N–H and O–H groups in total. The Morgan fingerprint density at radius 1 is 1.11 bits per heavy atom. The molecule has 0 saturated carbocycles. The largest absolute Gasteiger partial charge is 0.441 e. The molecule has 3 aromatic rings. The van der Waals surface area contributed by atoms with Crippen LogP contribution in [0.1, 0.15) is 48.6 Å². The Kier molecular flexibility index (Phi) is 5.63. The van der Waals surface area contributed by atoms with E-state index in [1.165, 1.54) is 36.3 Å². The van der Waals surface area contributed by atoms with Gasteiger partial charge in [-0.2, -0.15) is 0 Å². The minimum atomic E-state index is -0.0452. The van der Waals surface area contributed by atoms with E-state index in [1.807, 2.05) is 30.3 Å². The highest BCUT2D eigenvalue weighted by molar-refractivity contribution is 7.15. The van der Waals surface area contributed by atoms with Crippen LogP contribution in [0.5, 0.6) is 0 Å². The van der Waals surface area contributed by atoms with Crippen LogP contribution in [0.15, 0.2) is 40.9 Å². The van der Waals surface area contributed by atoms with Crippen LogP contribution in [0.25, 0.3) is 11.3 Å². The molecule has 5 nitrogen and oxygen atoms in total. The number of thiazole rings is 1. The van der Waals surface area contributed by atoms with E-state index in [0.29, 0.717) is 18.7 Å². The summed E-state index contributed by atoms with van der Waals surface area (Å²) < 4.78 is 5.76. The van der Waals surface area contributed by atoms with Crippen LogP contribution in [0.2, 0.25) is 0 Å². The molecule has 0 atom stereocenters. The third-order valence-electron chi connectivity index (χ3n) is 4.77. The van der Waals surface area contributed by atoms with Crippen LogP contribution in [0, 0.1) is 0 Å². The second-order valence-electron chi connectivity index (χ2n) is 6.84. The molecule has 140 valence electrons. The maximum atomic E-state index is 12.3. The van der Waals surface area contributed by atoms with Gasteiger partial charge in [0.05, 0.1) is 11.9 Å². The quantitative estimate of drug-likeness (QED) is 0.673. The van der Waals surface area contributed by atoms with Crippen molar-refractivity contribution in [3.63, 3.8) is 0 Å². The van der Waals surface area contributed by atoms with Crippen LogP contribution in [-0.2, 0) is 24.1 Å². The van der Waals surface area contributed by atoms with Crippen LogP contribution in [-0.4, -0.2) is 15.9 Å². The summed E-state index contributed by atoms with van der Waals surface area (Å²) >= 11 is 1.63. The summed E-state index contributed by atoms with van der Waals surface area (Å²) in [5, 5.41) is 3.67. The molecule has 0 unspecified atom stereocenters. The highest BCUT2D eigenvalue weighted by atomic mass is 32.1. The predicted octanol–water partition coefficient (Wildman–Crippen LogP) is 5.03. The van der Waals surface area contributed by atoms with Gasteiger partial charge in [0.15, 0.2) is 16.8 Å². The van der Waals surface area contributed by atoms with Crippen molar-refractivity contribution in [1.29, 1.82) is 0 Å². The average Bonchev–Trinajstić information content (AvgIpc) is 3.28. The Morgan fingerprint density at radius 2 is 1.93 bits per heavy atom. The summed E-state index contributed by atoms with van der Waals surface area (Å²) in [7, 11) is 0. The fraction of sp³-hybridized carbons (Fsp3) is 0.381. The van der Waals surface area contributed by atoms with E-state index in [4.69, 9.17) is 4.42 Å². The molecule has 1 aromatic carbocycles. The maximum Gasteiger partial charge on any atom is 0.226 e. The van der Waals surface area contributed by atoms with Gasteiger partial charge in [-0.25, -0.2) is 9.97 Å². The van der Waals surface area contributed by atoms with Gasteiger partial charge in [0, 0.05) is 23.3 Å². The number of nitrogens with one attached hydrogen (secondary N) is 1. The monoisotopic (exact) mass is 381 g/mol. The number of rotatable bonds is 5. The van der Waals surface area contributed by atoms with E-state index in [-0.39, 0.29) is 5.91 Å². The van der Waals surface area contributed by atoms with Crippen molar-refractivity contribution in [2.45, 2.75) is 51.4 Å². The van der Waals surface area contributed by atoms with E-state index in [9.17, 15) is 4.79 Å². The zero-order valence-corrected chi connectivity index (χ0v) is 16.1. The smallest absolute Gasteiger partial charge is 0.226 e. The van der Waals surface area contributed by atoms with Crippen molar-refractivity contribution in [2.24, 2.45) is 0 Å². The van der Waals surface area contributed by atoms with Crippen LogP contribution < -0.4 is 5.32 Å². The van der Waals surface area contributed by atoms with Gasteiger partial charge in [-0.05, 0) is 25.7 Å². The Morgan fingerprint density at radius 3 is 2.78 bits per heavy atom. The lowest BCUT2D eigenvalue weighted by Crippen LogP contribution is -2.12. The molecule has 6 heteroatoms. The number of fused-ring (bicyclic) bond motifs is 1. The Labute approximate surface area is 162 Å². The van der Waals surface area contributed by atoms with Crippen molar-refractivity contribution in [2.75, 3.05) is 5.32 Å². The third-order valence-corrected chi connectivity index (χ3v) is 5.84. The number of aryl methyl sites for hydroxylation is 3. The van der Waals surface area contributed by atoms with Gasteiger partial charge in [0.25, 0.3) is 0 Å². The first-order chi connectivity index (χ1) is 13.3. The summed E-state index contributed by atoms with van der Waals surface area (Å²) in [5.41, 5.74) is 2.16. The molecular formula is C21H23N3O2S. The molecule has 1 amide bonds. The molecule has 2 aromatic heterocycles. The zero-order chi connectivity index (χ0) is 18.5. The second kappa shape index (κ2) is 8.48. The van der Waals surface area contributed by atoms with Crippen molar-refractivity contribution in [3.05, 3.63) is 53.0 Å². The van der Waals surface area contributed by atoms with Gasteiger partial charge in [-0.15, -0.1) is 11.3 Å². The highest BCUT2D eigenvalue weighted by Crippen LogP contribution is 2.28. The summed E-state index contributed by atoms with van der Waals surface area (Å²) in [5.74, 6) is 1.26. The molecule has 27 heavy (non-hydrogen) atoms. The highest BCUT2D eigenvalue weighted by Gasteiger charge is 2.15. The van der Waals surface area contributed by atoms with E-state index < -0.39 is 0 Å². The van der Waals surface area contributed by atoms with E-state index in [0.717, 1.165) is 29.3 Å². The van der Waals surface area contributed by atoms with Gasteiger partial charge < -0.3 is 9.73 Å². The number of oxazole rings is 1. The Hall–Kier alpha value is -2.47. The average molecular weight is 382 g/mol. The van der Waals surface area contributed by atoms with E-state index >= 15 is 0 Å². The van der Waals surface area contributed by atoms with Crippen LogP contribution >= 0.6 is 11.3 Å². The molecule has 2 heterocycles. The molecule has 1 aliphatic rings. The summed E-state index contributed by atoms with van der Waals surface area (Å²) in [6.07, 6.45) is 9.61. The van der Waals surface area contributed by atoms with Gasteiger partial charge >= 0.3 is 0 Å². The maximum absolute atomic E-state index is 12.3. The van der Waals surface area contributed by atoms with Gasteiger partial charge in [-0.3, -0.25) is 4.79 Å². The number of amides is 1. The number of aromatic nitrogens is 2. The first-order valence-electron chi connectivity index (χ1n) is 9.56. The molecule has 1 aliphatic carbocycles. The van der Waals surface area contributed by atoms with Crippen LogP contribution in [0.3, 0.4) is 0 Å². The lowest BCUT2D eigenvalue weighted by Gasteiger charge is -2.06. The minimum Gasteiger partial charge on any atom is -0.441 e. The first kappa shape index (κ1) is 17.9. The number of hydrogen-bond donors (Lipinski definition) is 1. The molecule has 0 spiro atoms. The number of hydrogen-bond acceptors (Lipinski definition) is 5. The van der Waals surface area contributed by atoms with Crippen molar-refractivity contribution in [3.8, 4) is 11.3 Å². The number of carbonyl (C=O) groups is 1. The van der Waals surface area contributed by atoms with Gasteiger partial charge in [-0.1, -0.05) is 43.2 Å². The molecule has 0 radical (unpaired) electrons. The molecule has 0 saturated heterocycles. The standard InChI is InChI=1S/C21H23N3O2S/c25-19(24-21-23-16-10-6-1-2-7-11-18(16)27-21)12-13-20-22-14-17(26-20)15-8-4-3-5-9-15/h3-5,8-9,14H,1-2,6-7,10-13H2,(H,23,24,25). The zero-order valence-electron chi connectivity index (χ0n) is 15.2.